The SMILES string of the molecule is CC(C)[N-]C([N-]C(C)C)N(C(C)C)C(C)C.[Ir+3].[c-]1c(-c2nccc3sccc23)sc2ccccc12. The Balaban J connectivity index is 0.000000243. The summed E-state index contributed by atoms with van der Waals surface area (Å²) < 4.78 is 2.55. The van der Waals surface area contributed by atoms with Crippen LogP contribution in [0.2, 0.25) is 0 Å². The molecule has 4 rings (SSSR count). The number of rotatable bonds is 8. The van der Waals surface area contributed by atoms with E-state index < -0.39 is 0 Å². The number of pyridine rings is 1. The summed E-state index contributed by atoms with van der Waals surface area (Å²) in [6.45, 7) is 17.3. The molecule has 4 nitrogen and oxygen atoms in total. The summed E-state index contributed by atoms with van der Waals surface area (Å²) in [6.07, 6.45) is 1.88. The van der Waals surface area contributed by atoms with Crippen LogP contribution in [0.1, 0.15) is 55.4 Å². The van der Waals surface area contributed by atoms with Gasteiger partial charge in [-0.3, -0.25) is 0 Å². The van der Waals surface area contributed by atoms with E-state index in [0.717, 1.165) is 10.6 Å². The number of benzene rings is 1. The molecule has 0 aliphatic rings. The van der Waals surface area contributed by atoms with E-state index in [2.05, 4.69) is 107 Å². The van der Waals surface area contributed by atoms with Gasteiger partial charge in [-0.15, -0.1) is 47.0 Å². The van der Waals surface area contributed by atoms with Gasteiger partial charge in [0.15, 0.2) is 0 Å². The van der Waals surface area contributed by atoms with Crippen molar-refractivity contribution in [3.05, 3.63) is 64.7 Å². The van der Waals surface area contributed by atoms with E-state index in [1.54, 1.807) is 22.7 Å². The molecule has 0 amide bonds. The maximum absolute atomic E-state index is 4.72. The average molecular weight is 686 g/mol. The van der Waals surface area contributed by atoms with Crippen molar-refractivity contribution in [3.8, 4) is 10.6 Å². The van der Waals surface area contributed by atoms with Crippen molar-refractivity contribution >= 4 is 42.8 Å². The summed E-state index contributed by atoms with van der Waals surface area (Å²) in [4.78, 5) is 8.02. The molecule has 0 aliphatic carbocycles. The first kappa shape index (κ1) is 30.0. The van der Waals surface area contributed by atoms with Gasteiger partial charge in [0.2, 0.25) is 0 Å². The molecule has 0 spiro atoms. The predicted octanol–water partition coefficient (Wildman–Crippen LogP) is 8.93. The molecule has 3 heterocycles. The molecule has 7 heteroatoms. The van der Waals surface area contributed by atoms with E-state index in [-0.39, 0.29) is 26.4 Å². The third-order valence-corrected chi connectivity index (χ3v) is 7.22. The fraction of sp³-hybridized carbons (Fsp3) is 0.464. The van der Waals surface area contributed by atoms with Gasteiger partial charge in [-0.2, -0.15) is 6.29 Å². The summed E-state index contributed by atoms with van der Waals surface area (Å²) >= 11 is 3.51. The molecule has 0 saturated heterocycles. The van der Waals surface area contributed by atoms with Crippen LogP contribution in [-0.2, 0) is 20.1 Å². The molecule has 35 heavy (non-hydrogen) atoms. The Morgan fingerprint density at radius 3 is 2.03 bits per heavy atom. The molecule has 0 N–H and O–H groups in total. The van der Waals surface area contributed by atoms with E-state index in [4.69, 9.17) is 10.6 Å². The Bertz CT molecular complexity index is 1110. The second-order valence-corrected chi connectivity index (χ2v) is 11.5. The van der Waals surface area contributed by atoms with Crippen LogP contribution in [0.5, 0.6) is 0 Å². The Kier molecular flexibility index (Phi) is 12.0. The molecule has 0 fully saturated rings. The van der Waals surface area contributed by atoms with Crippen LogP contribution in [0, 0.1) is 6.07 Å². The smallest absolute Gasteiger partial charge is 0.663 e. The first-order valence-electron chi connectivity index (χ1n) is 12.1. The topological polar surface area (TPSA) is 44.3 Å². The number of hydrogen-bond donors (Lipinski definition) is 0. The Morgan fingerprint density at radius 2 is 1.46 bits per heavy atom. The molecule has 4 aromatic rings. The van der Waals surface area contributed by atoms with Crippen LogP contribution >= 0.6 is 22.7 Å². The van der Waals surface area contributed by atoms with Gasteiger partial charge in [0.25, 0.3) is 0 Å². The van der Waals surface area contributed by atoms with E-state index in [0.29, 0.717) is 24.2 Å². The average Bonchev–Trinajstić information content (AvgIpc) is 3.39. The number of hydrogen-bond acceptors (Lipinski definition) is 4. The van der Waals surface area contributed by atoms with Gasteiger partial charge in [0, 0.05) is 28.7 Å². The fourth-order valence-corrected chi connectivity index (χ4v) is 5.75. The number of aromatic nitrogens is 1. The molecular weight excluding hydrogens is 649 g/mol. The van der Waals surface area contributed by atoms with Crippen LogP contribution in [-0.4, -0.2) is 40.3 Å². The van der Waals surface area contributed by atoms with Crippen molar-refractivity contribution in [1.29, 1.82) is 0 Å². The van der Waals surface area contributed by atoms with E-state index in [1.807, 2.05) is 12.3 Å². The van der Waals surface area contributed by atoms with Crippen molar-refractivity contribution in [3.63, 3.8) is 0 Å². The minimum Gasteiger partial charge on any atom is -0.663 e. The van der Waals surface area contributed by atoms with Gasteiger partial charge < -0.3 is 20.5 Å². The summed E-state index contributed by atoms with van der Waals surface area (Å²) in [5.74, 6) is 0. The Morgan fingerprint density at radius 1 is 0.829 bits per heavy atom. The molecule has 0 bridgehead atoms. The van der Waals surface area contributed by atoms with Crippen LogP contribution < -0.4 is 0 Å². The molecule has 0 atom stereocenters. The summed E-state index contributed by atoms with van der Waals surface area (Å²) in [7, 11) is 0. The van der Waals surface area contributed by atoms with Crippen molar-refractivity contribution < 1.29 is 20.1 Å². The third kappa shape index (κ3) is 8.16. The molecule has 1 aromatic carbocycles. The molecule has 0 unspecified atom stereocenters. The van der Waals surface area contributed by atoms with Crippen LogP contribution in [0.3, 0.4) is 0 Å². The second kappa shape index (κ2) is 13.9. The Labute approximate surface area is 232 Å². The van der Waals surface area contributed by atoms with Crippen LogP contribution in [0.15, 0.2) is 48.0 Å². The van der Waals surface area contributed by atoms with Crippen molar-refractivity contribution in [2.24, 2.45) is 0 Å². The quantitative estimate of drug-likeness (QED) is 0.174. The van der Waals surface area contributed by atoms with Gasteiger partial charge in [-0.1, -0.05) is 45.9 Å². The monoisotopic (exact) mass is 686 g/mol. The number of fused-ring (bicyclic) bond motifs is 2. The van der Waals surface area contributed by atoms with Crippen molar-refractivity contribution in [2.75, 3.05) is 0 Å². The number of thiophene rings is 2. The normalized spacial score (nSPS) is 11.8. The van der Waals surface area contributed by atoms with Crippen molar-refractivity contribution in [2.45, 2.75) is 85.8 Å². The maximum atomic E-state index is 4.72. The first-order valence-corrected chi connectivity index (χ1v) is 13.8. The summed E-state index contributed by atoms with van der Waals surface area (Å²) in [5.41, 5.74) is 1.05. The van der Waals surface area contributed by atoms with Crippen LogP contribution in [0.25, 0.3) is 41.4 Å². The molecule has 3 aromatic heterocycles. The van der Waals surface area contributed by atoms with E-state index in [9.17, 15) is 0 Å². The fourth-order valence-electron chi connectivity index (χ4n) is 3.96. The van der Waals surface area contributed by atoms with Gasteiger partial charge in [0.05, 0.1) is 0 Å². The third-order valence-electron chi connectivity index (χ3n) is 5.26. The minimum atomic E-state index is -0.000000000000000444. The molecule has 0 aliphatic heterocycles. The summed E-state index contributed by atoms with van der Waals surface area (Å²) in [6, 6.07) is 17.6. The zero-order valence-electron chi connectivity index (χ0n) is 21.9. The first-order chi connectivity index (χ1) is 16.2. The zero-order valence-corrected chi connectivity index (χ0v) is 26.0. The standard InChI is InChI=1S/C15H8NS2.C13H29N3.Ir/c1-2-4-12-10(3-1)9-14(18-12)15-11-6-8-17-13(11)5-7-16-15;1-9(2)14-13(15-10(3)4)16(11(5)6)12(7)8;/h1-8H;9-13H,1-8H3;/q-1;-2;+3. The second-order valence-electron chi connectivity index (χ2n) is 9.51. The van der Waals surface area contributed by atoms with E-state index in [1.165, 1.54) is 20.2 Å². The molecule has 190 valence electrons. The minimum absolute atomic E-state index is 0. The molecule has 0 saturated carbocycles. The van der Waals surface area contributed by atoms with E-state index >= 15 is 0 Å². The van der Waals surface area contributed by atoms with Gasteiger partial charge >= 0.3 is 20.1 Å². The summed E-state index contributed by atoms with van der Waals surface area (Å²) in [5, 5.41) is 14.0. The molecular formula is C28H37IrN4S2. The molecule has 0 radical (unpaired) electrons. The number of nitrogens with zero attached hydrogens (tertiary/aromatic N) is 4. The zero-order chi connectivity index (χ0) is 24.8. The largest absolute Gasteiger partial charge is 3.00 e. The van der Waals surface area contributed by atoms with Crippen molar-refractivity contribution in [1.82, 2.24) is 9.88 Å². The van der Waals surface area contributed by atoms with Gasteiger partial charge in [-0.05, 0) is 54.1 Å². The van der Waals surface area contributed by atoms with Gasteiger partial charge in [0.1, 0.15) is 0 Å². The van der Waals surface area contributed by atoms with Gasteiger partial charge in [-0.25, -0.2) is 11.3 Å². The maximum Gasteiger partial charge on any atom is 3.00 e. The predicted molar refractivity (Wildman–Crippen MR) is 152 cm³/mol. The van der Waals surface area contributed by atoms with Crippen LogP contribution in [0.4, 0.5) is 0 Å². The Hall–Kier alpha value is -1.18.